The van der Waals surface area contributed by atoms with Crippen molar-refractivity contribution in [1.29, 1.82) is 0 Å². The monoisotopic (exact) mass is 446 g/mol. The molecule has 4 rings (SSSR count). The topological polar surface area (TPSA) is 79.7 Å². The molecule has 0 saturated carbocycles. The normalized spacial score (nSPS) is 12.6. The van der Waals surface area contributed by atoms with Gasteiger partial charge >= 0.3 is 5.97 Å². The average Bonchev–Trinajstić information content (AvgIpc) is 3.34. The smallest absolute Gasteiger partial charge is 0.310 e. The maximum atomic E-state index is 12.6. The number of ketones is 1. The van der Waals surface area contributed by atoms with Crippen molar-refractivity contribution in [3.63, 3.8) is 0 Å². The summed E-state index contributed by atoms with van der Waals surface area (Å²) in [4.78, 5) is 29.2. The first-order chi connectivity index (χ1) is 14.4. The number of carbonyl (C=O) groups is 2. The van der Waals surface area contributed by atoms with Crippen molar-refractivity contribution >= 4 is 34.7 Å². The van der Waals surface area contributed by atoms with Crippen LogP contribution in [0.5, 0.6) is 11.5 Å². The van der Waals surface area contributed by atoms with E-state index in [2.05, 4.69) is 4.98 Å². The number of hydrogen-bond acceptors (Lipinski definition) is 7. The Kier molecular flexibility index (Phi) is 5.78. The molecule has 3 heterocycles. The van der Waals surface area contributed by atoms with Gasteiger partial charge in [0.2, 0.25) is 5.78 Å². The quantitative estimate of drug-likeness (QED) is 0.421. The third kappa shape index (κ3) is 4.06. The maximum absolute atomic E-state index is 12.6. The van der Waals surface area contributed by atoms with E-state index in [-0.39, 0.29) is 18.8 Å². The molecule has 7 nitrogen and oxygen atoms in total. The number of benzene rings is 1. The Bertz CT molecular complexity index is 1110. The van der Waals surface area contributed by atoms with Crippen LogP contribution in [-0.4, -0.2) is 41.1 Å². The summed E-state index contributed by atoms with van der Waals surface area (Å²) in [6.07, 6.45) is 1.69. The van der Waals surface area contributed by atoms with Gasteiger partial charge in [0.25, 0.3) is 0 Å². The second kappa shape index (κ2) is 8.49. The Morgan fingerprint density at radius 2 is 2.03 bits per heavy atom. The van der Waals surface area contributed by atoms with Gasteiger partial charge in [-0.2, -0.15) is 0 Å². The van der Waals surface area contributed by atoms with Gasteiger partial charge in [-0.25, -0.2) is 4.98 Å². The molecule has 9 heteroatoms. The van der Waals surface area contributed by atoms with Crippen molar-refractivity contribution in [2.75, 3.05) is 19.8 Å². The van der Waals surface area contributed by atoms with Crippen LogP contribution in [0.25, 0.3) is 5.13 Å². The van der Waals surface area contributed by atoms with Crippen LogP contribution in [0.1, 0.15) is 27.3 Å². The molecule has 0 radical (unpaired) electrons. The molecule has 0 spiro atoms. The van der Waals surface area contributed by atoms with Gasteiger partial charge in [0.15, 0.2) is 23.2 Å². The van der Waals surface area contributed by atoms with E-state index in [0.717, 1.165) is 16.5 Å². The minimum absolute atomic E-state index is 0.0260. The van der Waals surface area contributed by atoms with Gasteiger partial charge in [-0.1, -0.05) is 11.6 Å². The third-order valence-electron chi connectivity index (χ3n) is 4.71. The lowest BCUT2D eigenvalue weighted by Gasteiger charge is -2.20. The van der Waals surface area contributed by atoms with Crippen molar-refractivity contribution in [1.82, 2.24) is 9.55 Å². The second-order valence-corrected chi connectivity index (χ2v) is 8.08. The third-order valence-corrected chi connectivity index (χ3v) is 5.75. The molecule has 0 aliphatic carbocycles. The number of rotatable bonds is 6. The van der Waals surface area contributed by atoms with Gasteiger partial charge < -0.3 is 14.2 Å². The summed E-state index contributed by atoms with van der Waals surface area (Å²) < 4.78 is 18.1. The number of halogens is 1. The molecular weight excluding hydrogens is 428 g/mol. The van der Waals surface area contributed by atoms with E-state index < -0.39 is 5.97 Å². The number of ether oxygens (including phenoxy) is 3. The second-order valence-electron chi connectivity index (χ2n) is 6.80. The Labute approximate surface area is 182 Å². The summed E-state index contributed by atoms with van der Waals surface area (Å²) in [7, 11) is 0. The number of Topliss-reactive ketones (excluding diaryl/α,β-unsaturated/α-hetero) is 1. The molecule has 30 heavy (non-hydrogen) atoms. The van der Waals surface area contributed by atoms with E-state index in [0.29, 0.717) is 40.9 Å². The Morgan fingerprint density at radius 1 is 1.23 bits per heavy atom. The highest BCUT2D eigenvalue weighted by Crippen LogP contribution is 2.38. The molecule has 2 aromatic heterocycles. The zero-order valence-corrected chi connectivity index (χ0v) is 18.0. The molecule has 1 aromatic carbocycles. The number of aromatic nitrogens is 2. The fourth-order valence-electron chi connectivity index (χ4n) is 3.37. The van der Waals surface area contributed by atoms with E-state index >= 15 is 0 Å². The molecular formula is C21H19ClN2O5S. The molecule has 0 fully saturated rings. The molecule has 0 bridgehead atoms. The molecule has 0 saturated heterocycles. The van der Waals surface area contributed by atoms with Gasteiger partial charge in [-0.15, -0.1) is 11.3 Å². The Morgan fingerprint density at radius 3 is 2.80 bits per heavy atom. The van der Waals surface area contributed by atoms with Crippen molar-refractivity contribution in [2.24, 2.45) is 0 Å². The highest BCUT2D eigenvalue weighted by atomic mass is 35.5. The van der Waals surface area contributed by atoms with E-state index in [4.69, 9.17) is 25.8 Å². The van der Waals surface area contributed by atoms with Crippen molar-refractivity contribution in [3.05, 3.63) is 57.3 Å². The zero-order chi connectivity index (χ0) is 21.3. The Balaban J connectivity index is 1.41. The molecule has 1 aliphatic heterocycles. The predicted molar refractivity (Wildman–Crippen MR) is 112 cm³/mol. The van der Waals surface area contributed by atoms with Crippen LogP contribution in [0.4, 0.5) is 0 Å². The number of fused-ring (bicyclic) bond motifs is 1. The summed E-state index contributed by atoms with van der Waals surface area (Å²) in [5.74, 6) is 0.192. The van der Waals surface area contributed by atoms with Crippen LogP contribution in [0.15, 0.2) is 29.8 Å². The van der Waals surface area contributed by atoms with Gasteiger partial charge in [0.1, 0.15) is 13.2 Å². The van der Waals surface area contributed by atoms with Crippen molar-refractivity contribution < 1.29 is 23.8 Å². The lowest BCUT2D eigenvalue weighted by molar-refractivity contribution is -0.141. The first-order valence-electron chi connectivity index (χ1n) is 9.29. The van der Waals surface area contributed by atoms with E-state index in [1.807, 2.05) is 23.8 Å². The van der Waals surface area contributed by atoms with Crippen LogP contribution < -0.4 is 9.47 Å². The fraction of sp³-hybridized carbons (Fsp3) is 0.286. The highest BCUT2D eigenvalue weighted by Gasteiger charge is 2.21. The van der Waals surface area contributed by atoms with E-state index in [1.165, 1.54) is 11.3 Å². The number of nitrogens with zero attached hydrogens (tertiary/aromatic N) is 2. The van der Waals surface area contributed by atoms with Gasteiger partial charge in [0.05, 0.1) is 11.4 Å². The number of hydrogen-bond donors (Lipinski definition) is 0. The molecule has 156 valence electrons. The first-order valence-corrected chi connectivity index (χ1v) is 10.6. The predicted octanol–water partition coefficient (Wildman–Crippen LogP) is 3.94. The van der Waals surface area contributed by atoms with Gasteiger partial charge in [-0.3, -0.25) is 14.2 Å². The summed E-state index contributed by atoms with van der Waals surface area (Å²) in [5, 5.41) is 3.04. The van der Waals surface area contributed by atoms with Crippen LogP contribution in [0, 0.1) is 13.8 Å². The Hall–Kier alpha value is -2.84. The standard InChI is InChI=1S/C21H19ClN2O5S/c1-12-7-15(13(2)24(12)21-23-3-6-30-21)17(25)11-29-19(26)10-14-8-16(22)20-18(9-14)27-4-5-28-20/h3,6-9H,4-5,10-11H2,1-2H3. The SMILES string of the molecule is Cc1cc(C(=O)COC(=O)Cc2cc(Cl)c3c(c2)OCCO3)c(C)n1-c1nccs1. The molecule has 0 atom stereocenters. The minimum Gasteiger partial charge on any atom is -0.486 e. The van der Waals surface area contributed by atoms with Crippen molar-refractivity contribution in [2.45, 2.75) is 20.3 Å². The molecule has 1 aliphatic rings. The molecule has 0 unspecified atom stereocenters. The minimum atomic E-state index is -0.523. The molecule has 0 amide bonds. The summed E-state index contributed by atoms with van der Waals surface area (Å²) in [5.41, 5.74) is 2.80. The van der Waals surface area contributed by atoms with Crippen LogP contribution in [0.3, 0.4) is 0 Å². The van der Waals surface area contributed by atoms with E-state index in [9.17, 15) is 9.59 Å². The molecule has 3 aromatic rings. The zero-order valence-electron chi connectivity index (χ0n) is 16.4. The summed E-state index contributed by atoms with van der Waals surface area (Å²) >= 11 is 7.68. The lowest BCUT2D eigenvalue weighted by atomic mass is 10.1. The van der Waals surface area contributed by atoms with E-state index in [1.54, 1.807) is 24.4 Å². The largest absolute Gasteiger partial charge is 0.486 e. The van der Waals surface area contributed by atoms with Gasteiger partial charge in [-0.05, 0) is 37.6 Å². The number of aryl methyl sites for hydroxylation is 1. The summed E-state index contributed by atoms with van der Waals surface area (Å²) in [6, 6.07) is 5.12. The summed E-state index contributed by atoms with van der Waals surface area (Å²) in [6.45, 7) is 4.27. The lowest BCUT2D eigenvalue weighted by Crippen LogP contribution is -2.18. The number of esters is 1. The van der Waals surface area contributed by atoms with Crippen LogP contribution in [0.2, 0.25) is 5.02 Å². The average molecular weight is 447 g/mol. The van der Waals surface area contributed by atoms with Crippen LogP contribution >= 0.6 is 22.9 Å². The molecule has 0 N–H and O–H groups in total. The number of carbonyl (C=O) groups excluding carboxylic acids is 2. The fourth-order valence-corrected chi connectivity index (χ4v) is 4.41. The van der Waals surface area contributed by atoms with Gasteiger partial charge in [0, 0.05) is 28.5 Å². The highest BCUT2D eigenvalue weighted by molar-refractivity contribution is 7.12. The first kappa shape index (κ1) is 20.4. The van der Waals surface area contributed by atoms with Crippen LogP contribution in [-0.2, 0) is 16.0 Å². The number of thiazole rings is 1. The van der Waals surface area contributed by atoms with Crippen molar-refractivity contribution in [3.8, 4) is 16.6 Å². The maximum Gasteiger partial charge on any atom is 0.310 e.